The van der Waals surface area contributed by atoms with Gasteiger partial charge in [0.05, 0.1) is 17.8 Å². The fourth-order valence-corrected chi connectivity index (χ4v) is 5.51. The van der Waals surface area contributed by atoms with E-state index in [1.165, 1.54) is 0 Å². The Morgan fingerprint density at radius 1 is 1.21 bits per heavy atom. The maximum absolute atomic E-state index is 13.2. The molecule has 5 heterocycles. The Balaban J connectivity index is 1.52. The molecule has 0 amide bonds. The van der Waals surface area contributed by atoms with Crippen LogP contribution in [0, 0.1) is 5.92 Å². The van der Waals surface area contributed by atoms with Gasteiger partial charge < -0.3 is 19.5 Å². The third-order valence-electron chi connectivity index (χ3n) is 6.03. The van der Waals surface area contributed by atoms with Gasteiger partial charge in [-0.15, -0.1) is 21.5 Å². The van der Waals surface area contributed by atoms with Crippen LogP contribution in [0.25, 0.3) is 10.2 Å². The summed E-state index contributed by atoms with van der Waals surface area (Å²) in [4.78, 5) is 26.6. The minimum atomic E-state index is -4.55. The van der Waals surface area contributed by atoms with E-state index < -0.39 is 23.9 Å². The van der Waals surface area contributed by atoms with Crippen molar-refractivity contribution >= 4 is 39.3 Å². The molecule has 0 spiro atoms. The summed E-state index contributed by atoms with van der Waals surface area (Å²) in [7, 11) is 0. The molecule has 5 rings (SSSR count). The number of carboxylic acids is 1. The zero-order valence-corrected chi connectivity index (χ0v) is 18.7. The van der Waals surface area contributed by atoms with Gasteiger partial charge in [0, 0.05) is 31.1 Å². The van der Waals surface area contributed by atoms with Crippen LogP contribution in [-0.2, 0) is 30.5 Å². The molecule has 0 unspecified atom stereocenters. The summed E-state index contributed by atoms with van der Waals surface area (Å²) in [6.07, 6.45) is -2.17. The van der Waals surface area contributed by atoms with Crippen molar-refractivity contribution in [2.45, 2.75) is 45.5 Å². The molecule has 33 heavy (non-hydrogen) atoms. The first kappa shape index (κ1) is 21.9. The predicted molar refractivity (Wildman–Crippen MR) is 115 cm³/mol. The van der Waals surface area contributed by atoms with Gasteiger partial charge in [0.15, 0.2) is 5.82 Å². The molecule has 1 saturated heterocycles. The number of carbonyl (C=O) groups is 1. The molecule has 1 N–H and O–H groups in total. The van der Waals surface area contributed by atoms with Gasteiger partial charge in [-0.2, -0.15) is 18.2 Å². The van der Waals surface area contributed by atoms with E-state index in [1.54, 1.807) is 11.3 Å². The van der Waals surface area contributed by atoms with Crippen LogP contribution in [0.2, 0.25) is 0 Å². The maximum Gasteiger partial charge on any atom is 0.451 e. The molecule has 176 valence electrons. The molecule has 2 aliphatic heterocycles. The van der Waals surface area contributed by atoms with Gasteiger partial charge in [0.1, 0.15) is 10.6 Å². The molecular formula is C20H22F3N7O2S. The van der Waals surface area contributed by atoms with Crippen molar-refractivity contribution in [1.29, 1.82) is 0 Å². The van der Waals surface area contributed by atoms with Crippen molar-refractivity contribution in [2.24, 2.45) is 5.92 Å². The first-order valence-corrected chi connectivity index (χ1v) is 11.6. The van der Waals surface area contributed by atoms with Crippen LogP contribution in [0.5, 0.6) is 0 Å². The van der Waals surface area contributed by atoms with E-state index >= 15 is 0 Å². The topological polar surface area (TPSA) is 100 Å². The lowest BCUT2D eigenvalue weighted by Crippen LogP contribution is -2.36. The van der Waals surface area contributed by atoms with Gasteiger partial charge in [-0.3, -0.25) is 4.79 Å². The molecule has 9 nitrogen and oxygen atoms in total. The Morgan fingerprint density at radius 2 is 2.03 bits per heavy atom. The van der Waals surface area contributed by atoms with Crippen molar-refractivity contribution in [3.8, 4) is 0 Å². The maximum atomic E-state index is 13.2. The number of carboxylic acid groups (broad SMARTS) is 1. The van der Waals surface area contributed by atoms with Gasteiger partial charge in [-0.1, -0.05) is 13.3 Å². The van der Waals surface area contributed by atoms with Crippen LogP contribution in [-0.4, -0.2) is 55.4 Å². The van der Waals surface area contributed by atoms with Crippen molar-refractivity contribution in [2.75, 3.05) is 29.4 Å². The highest BCUT2D eigenvalue weighted by Gasteiger charge is 2.40. The number of thiophene rings is 1. The first-order valence-electron chi connectivity index (χ1n) is 10.8. The van der Waals surface area contributed by atoms with Crippen LogP contribution in [0.3, 0.4) is 0 Å². The number of nitrogens with zero attached hydrogens (tertiary/aromatic N) is 7. The Labute approximate surface area is 190 Å². The van der Waals surface area contributed by atoms with E-state index in [4.69, 9.17) is 9.97 Å². The lowest BCUT2D eigenvalue weighted by Gasteiger charge is -2.30. The van der Waals surface area contributed by atoms with Crippen LogP contribution in [0.15, 0.2) is 6.07 Å². The van der Waals surface area contributed by atoms with E-state index in [9.17, 15) is 23.1 Å². The number of hydrogen-bond donors (Lipinski definition) is 1. The number of fused-ring (bicyclic) bond motifs is 2. The molecule has 0 aromatic carbocycles. The molecule has 3 aromatic heterocycles. The lowest BCUT2D eigenvalue weighted by atomic mass is 10.1. The second kappa shape index (κ2) is 8.12. The molecule has 1 atom stereocenters. The van der Waals surface area contributed by atoms with E-state index in [0.29, 0.717) is 37.8 Å². The summed E-state index contributed by atoms with van der Waals surface area (Å²) in [5.74, 6) is -0.970. The number of alkyl halides is 3. The molecule has 0 bridgehead atoms. The lowest BCUT2D eigenvalue weighted by molar-refractivity contribution is -0.147. The zero-order valence-electron chi connectivity index (χ0n) is 17.8. The third-order valence-corrected chi connectivity index (χ3v) is 7.12. The Kier molecular flexibility index (Phi) is 5.38. The van der Waals surface area contributed by atoms with E-state index in [1.807, 2.05) is 15.9 Å². The minimum Gasteiger partial charge on any atom is -0.481 e. The summed E-state index contributed by atoms with van der Waals surface area (Å²) < 4.78 is 40.8. The van der Waals surface area contributed by atoms with Gasteiger partial charge in [-0.25, -0.2) is 4.98 Å². The van der Waals surface area contributed by atoms with Crippen molar-refractivity contribution in [1.82, 2.24) is 24.7 Å². The summed E-state index contributed by atoms with van der Waals surface area (Å²) in [6, 6.07) is 2.05. The SMILES string of the molecule is CCCc1cc2c(N3CCn4c(nnc4C(F)(F)F)C3)nc(N3CC[C@@H](C(=O)O)C3)nc2s1. The Hall–Kier alpha value is -2.96. The number of anilines is 2. The monoisotopic (exact) mass is 481 g/mol. The van der Waals surface area contributed by atoms with Gasteiger partial charge in [-0.05, 0) is 18.9 Å². The van der Waals surface area contributed by atoms with Gasteiger partial charge in [0.2, 0.25) is 11.8 Å². The molecule has 3 aromatic rings. The van der Waals surface area contributed by atoms with Crippen LogP contribution < -0.4 is 9.80 Å². The van der Waals surface area contributed by atoms with Crippen molar-refractivity contribution in [3.63, 3.8) is 0 Å². The smallest absolute Gasteiger partial charge is 0.451 e. The molecule has 0 aliphatic carbocycles. The highest BCUT2D eigenvalue weighted by molar-refractivity contribution is 7.18. The quantitative estimate of drug-likeness (QED) is 0.593. The minimum absolute atomic E-state index is 0.0920. The van der Waals surface area contributed by atoms with Crippen LogP contribution in [0.4, 0.5) is 24.9 Å². The summed E-state index contributed by atoms with van der Waals surface area (Å²) >= 11 is 1.57. The van der Waals surface area contributed by atoms with E-state index in [0.717, 1.165) is 32.5 Å². The second-order valence-electron chi connectivity index (χ2n) is 8.31. The average molecular weight is 482 g/mol. The van der Waals surface area contributed by atoms with Gasteiger partial charge >= 0.3 is 12.1 Å². The van der Waals surface area contributed by atoms with Crippen molar-refractivity contribution in [3.05, 3.63) is 22.6 Å². The molecular weight excluding hydrogens is 459 g/mol. The molecule has 2 aliphatic rings. The standard InChI is InChI=1S/C20H22F3N7O2S/c1-2-3-12-8-13-15(28-6-7-30-14(10-28)26-27-18(30)20(21,22)23)24-19(25-16(13)33-12)29-5-4-11(9-29)17(31)32/h8,11H,2-7,9-10H2,1H3,(H,31,32)/t11-/m1/s1. The fourth-order valence-electron chi connectivity index (χ4n) is 4.39. The van der Waals surface area contributed by atoms with E-state index in [2.05, 4.69) is 17.1 Å². The summed E-state index contributed by atoms with van der Waals surface area (Å²) in [5, 5.41) is 17.3. The number of aromatic nitrogens is 5. The number of aryl methyl sites for hydroxylation is 1. The number of rotatable bonds is 5. The third kappa shape index (κ3) is 3.98. The largest absolute Gasteiger partial charge is 0.481 e. The molecule has 1 fully saturated rings. The first-order chi connectivity index (χ1) is 15.7. The average Bonchev–Trinajstić information content (AvgIpc) is 3.49. The Bertz CT molecular complexity index is 1210. The molecule has 0 saturated carbocycles. The normalized spacial score (nSPS) is 18.8. The zero-order chi connectivity index (χ0) is 23.3. The Morgan fingerprint density at radius 3 is 2.73 bits per heavy atom. The fraction of sp³-hybridized carbons (Fsp3) is 0.550. The summed E-state index contributed by atoms with van der Waals surface area (Å²) in [6.45, 7) is 3.51. The number of aliphatic carboxylic acids is 1. The second-order valence-corrected chi connectivity index (χ2v) is 9.42. The highest BCUT2D eigenvalue weighted by atomic mass is 32.1. The molecule has 0 radical (unpaired) electrons. The number of hydrogen-bond acceptors (Lipinski definition) is 8. The van der Waals surface area contributed by atoms with Crippen molar-refractivity contribution < 1.29 is 23.1 Å². The van der Waals surface area contributed by atoms with Crippen LogP contribution >= 0.6 is 11.3 Å². The predicted octanol–water partition coefficient (Wildman–Crippen LogP) is 3.19. The van der Waals surface area contributed by atoms with E-state index in [-0.39, 0.29) is 18.9 Å². The molecule has 13 heteroatoms. The van der Waals surface area contributed by atoms with Crippen LogP contribution in [0.1, 0.15) is 36.3 Å². The van der Waals surface area contributed by atoms with Gasteiger partial charge in [0.25, 0.3) is 0 Å². The summed E-state index contributed by atoms with van der Waals surface area (Å²) in [5.41, 5.74) is 0. The highest BCUT2D eigenvalue weighted by Crippen LogP contribution is 2.36. The number of halogens is 3.